The van der Waals surface area contributed by atoms with Crippen molar-refractivity contribution in [3.8, 4) is 0 Å². The fourth-order valence-electron chi connectivity index (χ4n) is 5.21. The number of rotatable bonds is 8. The summed E-state index contributed by atoms with van der Waals surface area (Å²) in [7, 11) is 0. The molecule has 29 heavy (non-hydrogen) atoms. The summed E-state index contributed by atoms with van der Waals surface area (Å²) in [4.78, 5) is 26.1. The summed E-state index contributed by atoms with van der Waals surface area (Å²) >= 11 is 0. The van der Waals surface area contributed by atoms with Gasteiger partial charge in [0.05, 0.1) is 5.69 Å². The minimum absolute atomic E-state index is 0.243. The van der Waals surface area contributed by atoms with Crippen molar-refractivity contribution in [3.05, 3.63) is 60.2 Å². The lowest BCUT2D eigenvalue weighted by molar-refractivity contribution is -0.130. The molecule has 1 amide bonds. The molecular formula is C24H32N4O. The highest BCUT2D eigenvalue weighted by Gasteiger charge is 2.52. The highest BCUT2D eigenvalue weighted by molar-refractivity contribution is 5.77. The van der Waals surface area contributed by atoms with Gasteiger partial charge in [0.2, 0.25) is 5.91 Å². The Morgan fingerprint density at radius 3 is 2.76 bits per heavy atom. The van der Waals surface area contributed by atoms with Gasteiger partial charge >= 0.3 is 0 Å². The highest BCUT2D eigenvalue weighted by atomic mass is 16.2. The predicted octanol–water partition coefficient (Wildman–Crippen LogP) is 3.21. The monoisotopic (exact) mass is 392 g/mol. The van der Waals surface area contributed by atoms with Gasteiger partial charge in [-0.1, -0.05) is 37.3 Å². The van der Waals surface area contributed by atoms with Crippen LogP contribution in [0.15, 0.2) is 48.9 Å². The van der Waals surface area contributed by atoms with E-state index in [9.17, 15) is 4.79 Å². The van der Waals surface area contributed by atoms with E-state index < -0.39 is 0 Å². The second-order valence-corrected chi connectivity index (χ2v) is 8.75. The molecule has 2 aromatic rings. The quantitative estimate of drug-likeness (QED) is 0.692. The van der Waals surface area contributed by atoms with E-state index in [1.54, 1.807) is 18.6 Å². The van der Waals surface area contributed by atoms with E-state index in [4.69, 9.17) is 0 Å². The van der Waals surface area contributed by atoms with Crippen LogP contribution in [0.25, 0.3) is 0 Å². The second kappa shape index (κ2) is 9.04. The highest BCUT2D eigenvalue weighted by Crippen LogP contribution is 2.46. The van der Waals surface area contributed by atoms with Crippen LogP contribution in [0.4, 0.5) is 0 Å². The van der Waals surface area contributed by atoms with Crippen LogP contribution in [0.3, 0.4) is 0 Å². The van der Waals surface area contributed by atoms with Crippen LogP contribution in [0.2, 0.25) is 0 Å². The van der Waals surface area contributed by atoms with Gasteiger partial charge in [-0.3, -0.25) is 14.8 Å². The summed E-state index contributed by atoms with van der Waals surface area (Å²) in [6.07, 6.45) is 9.78. The van der Waals surface area contributed by atoms with Crippen molar-refractivity contribution in [1.29, 1.82) is 0 Å². The lowest BCUT2D eigenvalue weighted by Gasteiger charge is -2.30. The number of amides is 1. The molecule has 2 atom stereocenters. The van der Waals surface area contributed by atoms with Crippen molar-refractivity contribution in [2.75, 3.05) is 32.7 Å². The number of hydrogen-bond donors (Lipinski definition) is 0. The zero-order chi connectivity index (χ0) is 20.1. The van der Waals surface area contributed by atoms with Crippen molar-refractivity contribution >= 4 is 5.91 Å². The number of hydrogen-bond acceptors (Lipinski definition) is 4. The number of nitrogens with zero attached hydrogens (tertiary/aromatic N) is 4. The maximum atomic E-state index is 12.9. The molecule has 1 aromatic heterocycles. The molecule has 0 aliphatic carbocycles. The predicted molar refractivity (Wildman–Crippen MR) is 114 cm³/mol. The van der Waals surface area contributed by atoms with Gasteiger partial charge in [-0.25, -0.2) is 0 Å². The molecule has 0 N–H and O–H groups in total. The third-order valence-electron chi connectivity index (χ3n) is 6.69. The molecule has 154 valence electrons. The number of likely N-dealkylation sites (tertiary alicyclic amines) is 2. The van der Waals surface area contributed by atoms with Gasteiger partial charge in [0.15, 0.2) is 0 Å². The number of carbonyl (C=O) groups is 1. The molecule has 4 rings (SSSR count). The lowest BCUT2D eigenvalue weighted by atomic mass is 9.76. The maximum absolute atomic E-state index is 12.9. The summed E-state index contributed by atoms with van der Waals surface area (Å²) in [6, 6.07) is 10.8. The summed E-state index contributed by atoms with van der Waals surface area (Å²) in [5.41, 5.74) is 2.54. The summed E-state index contributed by atoms with van der Waals surface area (Å²) in [6.45, 7) is 7.51. The average molecular weight is 393 g/mol. The van der Waals surface area contributed by atoms with Crippen molar-refractivity contribution in [3.63, 3.8) is 0 Å². The van der Waals surface area contributed by atoms with Gasteiger partial charge < -0.3 is 9.80 Å². The Balaban J connectivity index is 1.40. The van der Waals surface area contributed by atoms with Gasteiger partial charge in [-0.15, -0.1) is 0 Å². The molecule has 2 fully saturated rings. The van der Waals surface area contributed by atoms with Crippen molar-refractivity contribution in [1.82, 2.24) is 19.8 Å². The third kappa shape index (κ3) is 4.67. The minimum atomic E-state index is 0.243. The Morgan fingerprint density at radius 2 is 2.00 bits per heavy atom. The number of fused-ring (bicyclic) bond motifs is 1. The molecule has 0 radical (unpaired) electrons. The standard InChI is InChI=1S/C24H32N4O/c1-2-14-27-16-21-17-28(23(29)9-8-22-15-25-12-13-26-22)19-24(21,18-27)11-10-20-6-4-3-5-7-20/h3-7,12-13,15,21H,2,8-11,14,16-19H2,1H3. The first-order valence-corrected chi connectivity index (χ1v) is 11.0. The Bertz CT molecular complexity index is 797. The number of carbonyl (C=O) groups excluding carboxylic acids is 1. The lowest BCUT2D eigenvalue weighted by Crippen LogP contribution is -2.37. The fourth-order valence-corrected chi connectivity index (χ4v) is 5.21. The Kier molecular flexibility index (Phi) is 6.24. The van der Waals surface area contributed by atoms with Crippen LogP contribution in [0.5, 0.6) is 0 Å². The van der Waals surface area contributed by atoms with Gasteiger partial charge in [0.1, 0.15) is 0 Å². The number of benzene rings is 1. The van der Waals surface area contributed by atoms with E-state index in [0.717, 1.165) is 44.7 Å². The minimum Gasteiger partial charge on any atom is -0.342 e. The van der Waals surface area contributed by atoms with Crippen LogP contribution in [-0.2, 0) is 17.6 Å². The molecule has 5 nitrogen and oxygen atoms in total. The fraction of sp³-hybridized carbons (Fsp3) is 0.542. The molecule has 1 aromatic carbocycles. The first-order valence-electron chi connectivity index (χ1n) is 11.0. The van der Waals surface area contributed by atoms with E-state index in [1.807, 2.05) is 0 Å². The van der Waals surface area contributed by atoms with Crippen LogP contribution in [0.1, 0.15) is 37.4 Å². The Morgan fingerprint density at radius 1 is 1.14 bits per heavy atom. The molecule has 2 aliphatic heterocycles. The molecule has 5 heteroatoms. The summed E-state index contributed by atoms with van der Waals surface area (Å²) in [5.74, 6) is 0.865. The third-order valence-corrected chi connectivity index (χ3v) is 6.69. The molecule has 2 aliphatic rings. The normalized spacial score (nSPS) is 24.0. The average Bonchev–Trinajstić information content (AvgIpc) is 3.26. The second-order valence-electron chi connectivity index (χ2n) is 8.75. The van der Waals surface area contributed by atoms with E-state index in [2.05, 4.69) is 57.0 Å². The smallest absolute Gasteiger partial charge is 0.222 e. The van der Waals surface area contributed by atoms with Gasteiger partial charge in [0, 0.05) is 56.6 Å². The molecule has 0 bridgehead atoms. The maximum Gasteiger partial charge on any atom is 0.222 e. The molecular weight excluding hydrogens is 360 g/mol. The van der Waals surface area contributed by atoms with Gasteiger partial charge in [0.25, 0.3) is 0 Å². The number of aryl methyl sites for hydroxylation is 2. The summed E-state index contributed by atoms with van der Waals surface area (Å²) in [5, 5.41) is 0. The SMILES string of the molecule is CCCN1CC2CN(C(=O)CCc3cnccn3)CC2(CCc2ccccc2)C1. The molecule has 2 unspecified atom stereocenters. The van der Waals surface area contributed by atoms with Crippen LogP contribution < -0.4 is 0 Å². The number of aromatic nitrogens is 2. The van der Waals surface area contributed by atoms with Crippen molar-refractivity contribution in [2.24, 2.45) is 11.3 Å². The first-order chi connectivity index (χ1) is 14.2. The summed E-state index contributed by atoms with van der Waals surface area (Å²) < 4.78 is 0. The topological polar surface area (TPSA) is 49.3 Å². The van der Waals surface area contributed by atoms with Gasteiger partial charge in [-0.2, -0.15) is 0 Å². The van der Waals surface area contributed by atoms with Crippen LogP contribution in [0, 0.1) is 11.3 Å². The van der Waals surface area contributed by atoms with E-state index in [-0.39, 0.29) is 11.3 Å². The molecule has 0 saturated carbocycles. The van der Waals surface area contributed by atoms with E-state index >= 15 is 0 Å². The van der Waals surface area contributed by atoms with E-state index in [1.165, 1.54) is 18.5 Å². The van der Waals surface area contributed by atoms with Gasteiger partial charge in [-0.05, 0) is 43.7 Å². The first kappa shape index (κ1) is 20.0. The van der Waals surface area contributed by atoms with E-state index in [0.29, 0.717) is 18.8 Å². The zero-order valence-electron chi connectivity index (χ0n) is 17.5. The zero-order valence-corrected chi connectivity index (χ0v) is 17.5. The van der Waals surface area contributed by atoms with Crippen molar-refractivity contribution < 1.29 is 4.79 Å². The molecule has 2 saturated heterocycles. The Hall–Kier alpha value is -2.27. The Labute approximate surface area is 174 Å². The van der Waals surface area contributed by atoms with Crippen molar-refractivity contribution in [2.45, 2.75) is 39.0 Å². The van der Waals surface area contributed by atoms with Crippen LogP contribution >= 0.6 is 0 Å². The van der Waals surface area contributed by atoms with Crippen LogP contribution in [-0.4, -0.2) is 58.4 Å². The molecule has 0 spiro atoms. The molecule has 3 heterocycles. The largest absolute Gasteiger partial charge is 0.342 e.